The number of methoxy groups -OCH3 is 1. The van der Waals surface area contributed by atoms with Gasteiger partial charge in [-0.25, -0.2) is 5.43 Å². The number of oxazole rings is 1. The first kappa shape index (κ1) is 13.6. The molecule has 106 valence electrons. The Labute approximate surface area is 129 Å². The van der Waals surface area contributed by atoms with Crippen molar-refractivity contribution in [1.82, 2.24) is 4.98 Å². The average Bonchev–Trinajstić information content (AvgIpc) is 2.90. The van der Waals surface area contributed by atoms with E-state index in [-0.39, 0.29) is 0 Å². The lowest BCUT2D eigenvalue weighted by atomic mass is 10.2. The van der Waals surface area contributed by atoms with E-state index in [0.717, 1.165) is 26.9 Å². The molecule has 2 aromatic carbocycles. The monoisotopic (exact) mass is 345 g/mol. The standard InChI is InChI=1S/C15H12BrN3O2/c1-20-13-7-6-11(16)8-10(13)9-17-19-15-18-12-4-2-3-5-14(12)21-15/h2-9H,1H3,(H,18,19)/b17-9+. The van der Waals surface area contributed by atoms with Gasteiger partial charge in [0, 0.05) is 10.0 Å². The van der Waals surface area contributed by atoms with Crippen molar-refractivity contribution < 1.29 is 9.15 Å². The molecule has 0 amide bonds. The fourth-order valence-electron chi connectivity index (χ4n) is 1.88. The smallest absolute Gasteiger partial charge is 0.316 e. The molecule has 0 unspecified atom stereocenters. The Morgan fingerprint density at radius 3 is 2.95 bits per heavy atom. The van der Waals surface area contributed by atoms with Gasteiger partial charge < -0.3 is 9.15 Å². The molecule has 6 heteroatoms. The van der Waals surface area contributed by atoms with Crippen molar-refractivity contribution in [3.63, 3.8) is 0 Å². The second-order valence-electron chi connectivity index (χ2n) is 4.24. The highest BCUT2D eigenvalue weighted by Gasteiger charge is 2.04. The van der Waals surface area contributed by atoms with Crippen LogP contribution >= 0.6 is 15.9 Å². The molecular weight excluding hydrogens is 334 g/mol. The zero-order valence-corrected chi connectivity index (χ0v) is 12.8. The average molecular weight is 346 g/mol. The number of hydrogen-bond acceptors (Lipinski definition) is 5. The summed E-state index contributed by atoms with van der Waals surface area (Å²) in [7, 11) is 1.62. The highest BCUT2D eigenvalue weighted by molar-refractivity contribution is 9.10. The lowest BCUT2D eigenvalue weighted by Crippen LogP contribution is -1.94. The van der Waals surface area contributed by atoms with Crippen molar-refractivity contribution >= 4 is 39.3 Å². The van der Waals surface area contributed by atoms with E-state index < -0.39 is 0 Å². The van der Waals surface area contributed by atoms with Crippen LogP contribution in [0.4, 0.5) is 6.01 Å². The maximum absolute atomic E-state index is 5.51. The van der Waals surface area contributed by atoms with Gasteiger partial charge in [0.15, 0.2) is 5.58 Å². The first-order valence-corrected chi connectivity index (χ1v) is 7.04. The van der Waals surface area contributed by atoms with Crippen molar-refractivity contribution in [3.8, 4) is 5.75 Å². The fraction of sp³-hybridized carbons (Fsp3) is 0.0667. The SMILES string of the molecule is COc1ccc(Br)cc1/C=N/Nc1nc2ccccc2o1. The van der Waals surface area contributed by atoms with Crippen LogP contribution in [0.3, 0.4) is 0 Å². The molecule has 1 heterocycles. The molecule has 0 radical (unpaired) electrons. The van der Waals surface area contributed by atoms with E-state index >= 15 is 0 Å². The van der Waals surface area contributed by atoms with Gasteiger partial charge in [0.05, 0.1) is 13.3 Å². The zero-order chi connectivity index (χ0) is 14.7. The number of nitrogens with one attached hydrogen (secondary N) is 1. The van der Waals surface area contributed by atoms with E-state index in [1.54, 1.807) is 13.3 Å². The van der Waals surface area contributed by atoms with Gasteiger partial charge in [0.25, 0.3) is 0 Å². The Balaban J connectivity index is 1.79. The Morgan fingerprint density at radius 2 is 2.14 bits per heavy atom. The van der Waals surface area contributed by atoms with E-state index in [2.05, 4.69) is 31.4 Å². The molecule has 5 nitrogen and oxygen atoms in total. The molecule has 0 aliphatic rings. The molecule has 1 N–H and O–H groups in total. The maximum atomic E-state index is 5.51. The fourth-order valence-corrected chi connectivity index (χ4v) is 2.26. The van der Waals surface area contributed by atoms with Gasteiger partial charge in [-0.15, -0.1) is 0 Å². The van der Waals surface area contributed by atoms with E-state index in [9.17, 15) is 0 Å². The first-order valence-electron chi connectivity index (χ1n) is 6.24. The second-order valence-corrected chi connectivity index (χ2v) is 5.16. The third-order valence-electron chi connectivity index (χ3n) is 2.85. The van der Waals surface area contributed by atoms with Crippen LogP contribution in [0.5, 0.6) is 5.75 Å². The molecule has 0 fully saturated rings. The van der Waals surface area contributed by atoms with Crippen LogP contribution in [0.2, 0.25) is 0 Å². The third-order valence-corrected chi connectivity index (χ3v) is 3.34. The van der Waals surface area contributed by atoms with Crippen molar-refractivity contribution in [2.45, 2.75) is 0 Å². The van der Waals surface area contributed by atoms with Gasteiger partial charge in [0.1, 0.15) is 11.3 Å². The Morgan fingerprint density at radius 1 is 1.29 bits per heavy atom. The summed E-state index contributed by atoms with van der Waals surface area (Å²) in [5.74, 6) is 0.737. The normalized spacial score (nSPS) is 11.1. The van der Waals surface area contributed by atoms with Gasteiger partial charge >= 0.3 is 6.01 Å². The summed E-state index contributed by atoms with van der Waals surface area (Å²) >= 11 is 3.42. The molecular formula is C15H12BrN3O2. The van der Waals surface area contributed by atoms with Crippen LogP contribution in [-0.4, -0.2) is 18.3 Å². The van der Waals surface area contributed by atoms with E-state index in [1.807, 2.05) is 42.5 Å². The summed E-state index contributed by atoms with van der Waals surface area (Å²) in [6.07, 6.45) is 1.65. The number of benzene rings is 2. The Kier molecular flexibility index (Phi) is 3.87. The summed E-state index contributed by atoms with van der Waals surface area (Å²) in [4.78, 5) is 4.27. The van der Waals surface area contributed by atoms with Crippen molar-refractivity contribution in [3.05, 3.63) is 52.5 Å². The van der Waals surface area contributed by atoms with E-state index in [0.29, 0.717) is 6.01 Å². The summed E-state index contributed by atoms with van der Waals surface area (Å²) in [5.41, 5.74) is 5.12. The van der Waals surface area contributed by atoms with Gasteiger partial charge in [-0.05, 0) is 30.3 Å². The van der Waals surface area contributed by atoms with Crippen LogP contribution in [0, 0.1) is 0 Å². The summed E-state index contributed by atoms with van der Waals surface area (Å²) in [5, 5.41) is 4.12. The molecule has 0 aliphatic heterocycles. The highest BCUT2D eigenvalue weighted by atomic mass is 79.9. The predicted molar refractivity (Wildman–Crippen MR) is 85.9 cm³/mol. The molecule has 0 saturated carbocycles. The number of ether oxygens (including phenoxy) is 1. The minimum absolute atomic E-state index is 0.349. The first-order chi connectivity index (χ1) is 10.3. The predicted octanol–water partition coefficient (Wildman–Crippen LogP) is 4.04. The second kappa shape index (κ2) is 5.97. The number of halogens is 1. The number of aromatic nitrogens is 1. The summed E-state index contributed by atoms with van der Waals surface area (Å²) < 4.78 is 11.7. The van der Waals surface area contributed by atoms with Crippen molar-refractivity contribution in [1.29, 1.82) is 0 Å². The quantitative estimate of drug-likeness (QED) is 0.572. The van der Waals surface area contributed by atoms with Crippen LogP contribution in [-0.2, 0) is 0 Å². The van der Waals surface area contributed by atoms with Crippen molar-refractivity contribution in [2.75, 3.05) is 12.5 Å². The summed E-state index contributed by atoms with van der Waals surface area (Å²) in [6, 6.07) is 13.6. The molecule has 3 rings (SSSR count). The molecule has 1 aromatic heterocycles. The lowest BCUT2D eigenvalue weighted by Gasteiger charge is -2.04. The number of fused-ring (bicyclic) bond motifs is 1. The molecule has 0 spiro atoms. The number of para-hydroxylation sites is 2. The zero-order valence-electron chi connectivity index (χ0n) is 11.2. The lowest BCUT2D eigenvalue weighted by molar-refractivity contribution is 0.414. The molecule has 0 aliphatic carbocycles. The number of anilines is 1. The van der Waals surface area contributed by atoms with Gasteiger partial charge in [-0.2, -0.15) is 10.1 Å². The Bertz CT molecular complexity index is 765. The van der Waals surface area contributed by atoms with Gasteiger partial charge in [-0.1, -0.05) is 28.1 Å². The molecule has 3 aromatic rings. The molecule has 0 bridgehead atoms. The van der Waals surface area contributed by atoms with Gasteiger partial charge in [0.2, 0.25) is 0 Å². The molecule has 0 saturated heterocycles. The van der Waals surface area contributed by atoms with Crippen LogP contribution in [0.1, 0.15) is 5.56 Å². The number of hydrogen-bond donors (Lipinski definition) is 1. The topological polar surface area (TPSA) is 59.6 Å². The molecule has 0 atom stereocenters. The van der Waals surface area contributed by atoms with Crippen LogP contribution < -0.4 is 10.2 Å². The van der Waals surface area contributed by atoms with Crippen molar-refractivity contribution in [2.24, 2.45) is 5.10 Å². The Hall–Kier alpha value is -2.34. The maximum Gasteiger partial charge on any atom is 0.316 e. The third kappa shape index (κ3) is 3.05. The number of hydrazone groups is 1. The van der Waals surface area contributed by atoms with Gasteiger partial charge in [-0.3, -0.25) is 0 Å². The number of nitrogens with zero attached hydrogens (tertiary/aromatic N) is 2. The highest BCUT2D eigenvalue weighted by Crippen LogP contribution is 2.22. The number of rotatable bonds is 4. The van der Waals surface area contributed by atoms with Crippen LogP contribution in [0.15, 0.2) is 56.5 Å². The van der Waals surface area contributed by atoms with E-state index in [1.165, 1.54) is 0 Å². The molecule has 21 heavy (non-hydrogen) atoms. The summed E-state index contributed by atoms with van der Waals surface area (Å²) in [6.45, 7) is 0. The minimum Gasteiger partial charge on any atom is -0.496 e. The van der Waals surface area contributed by atoms with Crippen LogP contribution in [0.25, 0.3) is 11.1 Å². The van der Waals surface area contributed by atoms with E-state index in [4.69, 9.17) is 9.15 Å². The largest absolute Gasteiger partial charge is 0.496 e. The minimum atomic E-state index is 0.349.